The van der Waals surface area contributed by atoms with Crippen molar-refractivity contribution in [2.75, 3.05) is 0 Å². The van der Waals surface area contributed by atoms with E-state index >= 15 is 0 Å². The fourth-order valence-electron chi connectivity index (χ4n) is 3.04. The standard InChI is InChI=1S/C17H23IO2/c1-11(2)15-9-4-12(3)10-16(15)20-17(19)13-5-7-14(18)8-6-13/h5-8,11-12,15-16H,4,9-10H2,1-3H3. The Balaban J connectivity index is 2.05. The molecule has 0 bridgehead atoms. The first-order valence-electron chi connectivity index (χ1n) is 7.44. The lowest BCUT2D eigenvalue weighted by Gasteiger charge is -2.36. The first kappa shape index (κ1) is 15.8. The van der Waals surface area contributed by atoms with Crippen LogP contribution in [0.5, 0.6) is 0 Å². The number of hydrogen-bond acceptors (Lipinski definition) is 2. The van der Waals surface area contributed by atoms with E-state index in [0.717, 1.165) is 9.99 Å². The molecule has 1 aliphatic rings. The van der Waals surface area contributed by atoms with Crippen molar-refractivity contribution < 1.29 is 9.53 Å². The molecule has 2 rings (SSSR count). The molecule has 1 aliphatic carbocycles. The second-order valence-corrected chi connectivity index (χ2v) is 7.52. The Morgan fingerprint density at radius 2 is 1.90 bits per heavy atom. The summed E-state index contributed by atoms with van der Waals surface area (Å²) in [6.07, 6.45) is 3.49. The van der Waals surface area contributed by atoms with Gasteiger partial charge in [-0.15, -0.1) is 0 Å². The monoisotopic (exact) mass is 386 g/mol. The third-order valence-corrected chi connectivity index (χ3v) is 5.02. The third-order valence-electron chi connectivity index (χ3n) is 4.30. The van der Waals surface area contributed by atoms with Crippen molar-refractivity contribution in [1.82, 2.24) is 0 Å². The highest BCUT2D eigenvalue weighted by atomic mass is 127. The summed E-state index contributed by atoms with van der Waals surface area (Å²) in [7, 11) is 0. The van der Waals surface area contributed by atoms with Gasteiger partial charge in [-0.2, -0.15) is 0 Å². The van der Waals surface area contributed by atoms with Crippen LogP contribution in [0.2, 0.25) is 0 Å². The quantitative estimate of drug-likeness (QED) is 0.545. The molecule has 3 atom stereocenters. The van der Waals surface area contributed by atoms with Gasteiger partial charge in [-0.25, -0.2) is 4.79 Å². The Morgan fingerprint density at radius 1 is 1.25 bits per heavy atom. The van der Waals surface area contributed by atoms with E-state index in [0.29, 0.717) is 23.3 Å². The van der Waals surface area contributed by atoms with Crippen LogP contribution in [0.1, 0.15) is 50.4 Å². The first-order valence-corrected chi connectivity index (χ1v) is 8.51. The summed E-state index contributed by atoms with van der Waals surface area (Å²) in [5, 5.41) is 0. The number of ether oxygens (including phenoxy) is 1. The van der Waals surface area contributed by atoms with E-state index in [1.807, 2.05) is 24.3 Å². The van der Waals surface area contributed by atoms with Crippen molar-refractivity contribution in [1.29, 1.82) is 0 Å². The summed E-state index contributed by atoms with van der Waals surface area (Å²) >= 11 is 2.24. The molecular weight excluding hydrogens is 363 g/mol. The Labute approximate surface area is 135 Å². The molecule has 2 nitrogen and oxygen atoms in total. The second kappa shape index (κ2) is 6.92. The van der Waals surface area contributed by atoms with E-state index in [1.165, 1.54) is 12.8 Å². The summed E-state index contributed by atoms with van der Waals surface area (Å²) in [6.45, 7) is 6.71. The number of esters is 1. The Bertz CT molecular complexity index is 453. The summed E-state index contributed by atoms with van der Waals surface area (Å²) in [5.41, 5.74) is 0.658. The van der Waals surface area contributed by atoms with Gasteiger partial charge < -0.3 is 4.74 Å². The minimum atomic E-state index is -0.175. The summed E-state index contributed by atoms with van der Waals surface area (Å²) in [6, 6.07) is 7.59. The van der Waals surface area contributed by atoms with E-state index in [4.69, 9.17) is 4.74 Å². The van der Waals surface area contributed by atoms with E-state index < -0.39 is 0 Å². The van der Waals surface area contributed by atoms with Crippen LogP contribution in [0.4, 0.5) is 0 Å². The lowest BCUT2D eigenvalue weighted by molar-refractivity contribution is -0.0174. The number of halogens is 1. The Morgan fingerprint density at radius 3 is 2.50 bits per heavy atom. The maximum Gasteiger partial charge on any atom is 0.338 e. The molecule has 0 aliphatic heterocycles. The second-order valence-electron chi connectivity index (χ2n) is 6.28. The van der Waals surface area contributed by atoms with E-state index in [9.17, 15) is 4.79 Å². The molecule has 0 radical (unpaired) electrons. The van der Waals surface area contributed by atoms with Gasteiger partial charge in [0.1, 0.15) is 6.10 Å². The van der Waals surface area contributed by atoms with Crippen molar-refractivity contribution in [2.45, 2.75) is 46.1 Å². The lowest BCUT2D eigenvalue weighted by Crippen LogP contribution is -2.35. The van der Waals surface area contributed by atoms with Gasteiger partial charge in [0.2, 0.25) is 0 Å². The SMILES string of the molecule is CC1CCC(C(C)C)C(OC(=O)c2ccc(I)cc2)C1. The maximum absolute atomic E-state index is 12.3. The van der Waals surface area contributed by atoms with Crippen LogP contribution in [0, 0.1) is 21.3 Å². The molecule has 20 heavy (non-hydrogen) atoms. The van der Waals surface area contributed by atoms with Crippen molar-refractivity contribution >= 4 is 28.6 Å². The number of carbonyl (C=O) groups excluding carboxylic acids is 1. The molecule has 1 saturated carbocycles. The van der Waals surface area contributed by atoms with Crippen LogP contribution < -0.4 is 0 Å². The predicted octanol–water partition coefficient (Wildman–Crippen LogP) is 4.91. The van der Waals surface area contributed by atoms with Gasteiger partial charge in [0.25, 0.3) is 0 Å². The maximum atomic E-state index is 12.3. The molecule has 1 aromatic rings. The zero-order valence-corrected chi connectivity index (χ0v) is 14.6. The number of benzene rings is 1. The van der Waals surface area contributed by atoms with Crippen LogP contribution in [0.25, 0.3) is 0 Å². The van der Waals surface area contributed by atoms with Crippen molar-refractivity contribution in [3.63, 3.8) is 0 Å². The van der Waals surface area contributed by atoms with Gasteiger partial charge in [-0.1, -0.05) is 27.2 Å². The molecule has 0 N–H and O–H groups in total. The van der Waals surface area contributed by atoms with Gasteiger partial charge in [-0.3, -0.25) is 0 Å². The Hall–Kier alpha value is -0.580. The molecule has 0 amide bonds. The minimum absolute atomic E-state index is 0.0746. The molecule has 0 heterocycles. The summed E-state index contributed by atoms with van der Waals surface area (Å²) < 4.78 is 6.95. The molecule has 1 fully saturated rings. The van der Waals surface area contributed by atoms with Crippen LogP contribution in [-0.2, 0) is 4.74 Å². The fourth-order valence-corrected chi connectivity index (χ4v) is 3.40. The highest BCUT2D eigenvalue weighted by Crippen LogP contribution is 2.35. The van der Waals surface area contributed by atoms with E-state index in [-0.39, 0.29) is 12.1 Å². The number of rotatable bonds is 3. The molecule has 3 heteroatoms. The minimum Gasteiger partial charge on any atom is -0.458 e. The average Bonchev–Trinajstić information content (AvgIpc) is 2.39. The van der Waals surface area contributed by atoms with Crippen LogP contribution in [-0.4, -0.2) is 12.1 Å². The third kappa shape index (κ3) is 3.96. The first-order chi connectivity index (χ1) is 9.47. The van der Waals surface area contributed by atoms with E-state index in [2.05, 4.69) is 43.4 Å². The Kier molecular flexibility index (Phi) is 5.47. The molecular formula is C17H23IO2. The average molecular weight is 386 g/mol. The van der Waals surface area contributed by atoms with Crippen molar-refractivity contribution in [3.8, 4) is 0 Å². The van der Waals surface area contributed by atoms with Gasteiger partial charge in [-0.05, 0) is 77.5 Å². The van der Waals surface area contributed by atoms with Crippen molar-refractivity contribution in [2.24, 2.45) is 17.8 Å². The molecule has 110 valence electrons. The lowest BCUT2D eigenvalue weighted by atomic mass is 9.75. The highest BCUT2D eigenvalue weighted by molar-refractivity contribution is 14.1. The summed E-state index contributed by atoms with van der Waals surface area (Å²) in [4.78, 5) is 12.3. The highest BCUT2D eigenvalue weighted by Gasteiger charge is 2.33. The predicted molar refractivity (Wildman–Crippen MR) is 89.7 cm³/mol. The number of carbonyl (C=O) groups is 1. The van der Waals surface area contributed by atoms with Crippen LogP contribution in [0.15, 0.2) is 24.3 Å². The number of hydrogen-bond donors (Lipinski definition) is 0. The van der Waals surface area contributed by atoms with Crippen molar-refractivity contribution in [3.05, 3.63) is 33.4 Å². The summed E-state index contributed by atoms with van der Waals surface area (Å²) in [5.74, 6) is 1.54. The fraction of sp³-hybridized carbons (Fsp3) is 0.588. The van der Waals surface area contributed by atoms with Crippen LogP contribution >= 0.6 is 22.6 Å². The van der Waals surface area contributed by atoms with Gasteiger partial charge in [0, 0.05) is 3.57 Å². The molecule has 0 aromatic heterocycles. The van der Waals surface area contributed by atoms with Crippen LogP contribution in [0.3, 0.4) is 0 Å². The largest absolute Gasteiger partial charge is 0.458 e. The van der Waals surface area contributed by atoms with Gasteiger partial charge in [0.15, 0.2) is 0 Å². The topological polar surface area (TPSA) is 26.3 Å². The molecule has 0 spiro atoms. The zero-order chi connectivity index (χ0) is 14.7. The smallest absolute Gasteiger partial charge is 0.338 e. The van der Waals surface area contributed by atoms with E-state index in [1.54, 1.807) is 0 Å². The van der Waals surface area contributed by atoms with Gasteiger partial charge in [0.05, 0.1) is 5.56 Å². The molecule has 3 unspecified atom stereocenters. The molecule has 0 saturated heterocycles. The zero-order valence-electron chi connectivity index (χ0n) is 12.4. The van der Waals surface area contributed by atoms with Gasteiger partial charge >= 0.3 is 5.97 Å². The molecule has 1 aromatic carbocycles. The normalized spacial score (nSPS) is 26.6.